The molecule has 2 aromatic carbocycles. The normalized spacial score (nSPS) is 10.8. The van der Waals surface area contributed by atoms with Gasteiger partial charge in [0.1, 0.15) is 0 Å². The topological polar surface area (TPSA) is 78.5 Å². The van der Waals surface area contributed by atoms with Gasteiger partial charge in [0.2, 0.25) is 0 Å². The Labute approximate surface area is 151 Å². The van der Waals surface area contributed by atoms with Crippen LogP contribution in [0.25, 0.3) is 11.1 Å². The van der Waals surface area contributed by atoms with Gasteiger partial charge < -0.3 is 9.15 Å². The second-order valence-electron chi connectivity index (χ2n) is 5.33. The van der Waals surface area contributed by atoms with Gasteiger partial charge in [0.05, 0.1) is 11.9 Å². The first-order valence-corrected chi connectivity index (χ1v) is 8.36. The monoisotopic (exact) mass is 403 g/mol. The highest BCUT2D eigenvalue weighted by molar-refractivity contribution is 9.10. The maximum absolute atomic E-state index is 12.0. The molecule has 1 aromatic heterocycles. The van der Waals surface area contributed by atoms with Crippen LogP contribution in [-0.4, -0.2) is 22.9 Å². The summed E-state index contributed by atoms with van der Waals surface area (Å²) in [6, 6.07) is 13.7. The molecule has 3 aromatic rings. The van der Waals surface area contributed by atoms with Crippen molar-refractivity contribution < 1.29 is 18.7 Å². The predicted octanol–water partition coefficient (Wildman–Crippen LogP) is 3.17. The molecule has 0 N–H and O–H groups in total. The number of carbonyl (C=O) groups excluding carboxylic acids is 2. The summed E-state index contributed by atoms with van der Waals surface area (Å²) in [5, 5.41) is 0. The van der Waals surface area contributed by atoms with Gasteiger partial charge >= 0.3 is 11.7 Å². The van der Waals surface area contributed by atoms with Crippen molar-refractivity contribution in [2.45, 2.75) is 13.0 Å². The summed E-state index contributed by atoms with van der Waals surface area (Å²) in [4.78, 5) is 35.6. The first-order chi connectivity index (χ1) is 12.0. The van der Waals surface area contributed by atoms with Gasteiger partial charge in [-0.2, -0.15) is 0 Å². The Morgan fingerprint density at radius 2 is 1.80 bits per heavy atom. The molecular weight excluding hydrogens is 390 g/mol. The van der Waals surface area contributed by atoms with Gasteiger partial charge in [-0.05, 0) is 24.3 Å². The number of nitrogens with zero attached hydrogens (tertiary/aromatic N) is 1. The third-order valence-corrected chi connectivity index (χ3v) is 4.17. The molecule has 0 unspecified atom stereocenters. The lowest BCUT2D eigenvalue weighted by atomic mass is 10.1. The molecule has 3 rings (SSSR count). The Morgan fingerprint density at radius 1 is 1.08 bits per heavy atom. The highest BCUT2D eigenvalue weighted by Crippen LogP contribution is 2.13. The maximum Gasteiger partial charge on any atom is 0.419 e. The molecule has 0 radical (unpaired) electrons. The molecule has 0 atom stereocenters. The maximum atomic E-state index is 12.0. The summed E-state index contributed by atoms with van der Waals surface area (Å²) in [5.74, 6) is -1.37. The molecule has 25 heavy (non-hydrogen) atoms. The average Bonchev–Trinajstić information content (AvgIpc) is 2.93. The summed E-state index contributed by atoms with van der Waals surface area (Å²) >= 11 is 3.29. The molecule has 0 bridgehead atoms. The van der Waals surface area contributed by atoms with Crippen molar-refractivity contribution in [3.05, 3.63) is 69.1 Å². The Balaban J connectivity index is 1.56. The Bertz CT molecular complexity index is 971. The average molecular weight is 404 g/mol. The van der Waals surface area contributed by atoms with Crippen molar-refractivity contribution in [1.82, 2.24) is 4.57 Å². The number of hydrogen-bond donors (Lipinski definition) is 0. The van der Waals surface area contributed by atoms with Crippen molar-refractivity contribution in [3.63, 3.8) is 0 Å². The molecule has 128 valence electrons. The summed E-state index contributed by atoms with van der Waals surface area (Å²) in [6.07, 6.45) is -0.0307. The fraction of sp³-hybridized carbons (Fsp3) is 0.167. The van der Waals surface area contributed by atoms with Crippen LogP contribution in [0, 0.1) is 0 Å². The van der Waals surface area contributed by atoms with E-state index in [4.69, 9.17) is 9.15 Å². The van der Waals surface area contributed by atoms with E-state index < -0.39 is 11.7 Å². The van der Waals surface area contributed by atoms with Crippen LogP contribution in [-0.2, 0) is 16.1 Å². The van der Waals surface area contributed by atoms with Crippen LogP contribution in [0.5, 0.6) is 0 Å². The van der Waals surface area contributed by atoms with Crippen LogP contribution in [0.2, 0.25) is 0 Å². The highest BCUT2D eigenvalue weighted by atomic mass is 79.9. The van der Waals surface area contributed by atoms with E-state index in [1.807, 2.05) is 0 Å². The quantitative estimate of drug-likeness (QED) is 0.466. The van der Waals surface area contributed by atoms with Gasteiger partial charge in [-0.1, -0.05) is 40.2 Å². The molecule has 0 spiro atoms. The van der Waals surface area contributed by atoms with Gasteiger partial charge in [0, 0.05) is 16.6 Å². The second kappa shape index (κ2) is 7.48. The van der Waals surface area contributed by atoms with E-state index in [1.54, 1.807) is 48.5 Å². The molecule has 0 aliphatic heterocycles. The van der Waals surface area contributed by atoms with Crippen LogP contribution in [0.3, 0.4) is 0 Å². The van der Waals surface area contributed by atoms with Crippen LogP contribution >= 0.6 is 15.9 Å². The molecule has 6 nitrogen and oxygen atoms in total. The Morgan fingerprint density at radius 3 is 2.56 bits per heavy atom. The molecule has 0 saturated carbocycles. The van der Waals surface area contributed by atoms with Crippen molar-refractivity contribution in [3.8, 4) is 0 Å². The Hall–Kier alpha value is -2.67. The van der Waals surface area contributed by atoms with Crippen LogP contribution in [0.15, 0.2) is 62.2 Å². The molecule has 0 amide bonds. The number of aryl methyl sites for hydroxylation is 1. The number of fused-ring (bicyclic) bond motifs is 1. The molecule has 0 aliphatic rings. The van der Waals surface area contributed by atoms with Gasteiger partial charge in [0.15, 0.2) is 18.0 Å². The number of rotatable bonds is 6. The lowest BCUT2D eigenvalue weighted by Gasteiger charge is -2.05. The fourth-order valence-corrected chi connectivity index (χ4v) is 2.63. The number of esters is 1. The van der Waals surface area contributed by atoms with E-state index in [9.17, 15) is 14.4 Å². The third kappa shape index (κ3) is 4.06. The van der Waals surface area contributed by atoms with Crippen LogP contribution in [0.1, 0.15) is 16.8 Å². The lowest BCUT2D eigenvalue weighted by molar-refractivity contribution is -0.142. The molecule has 7 heteroatoms. The minimum absolute atomic E-state index is 0.0307. The summed E-state index contributed by atoms with van der Waals surface area (Å²) in [6.45, 7) is -0.206. The summed E-state index contributed by atoms with van der Waals surface area (Å²) in [7, 11) is 0. The highest BCUT2D eigenvalue weighted by Gasteiger charge is 2.13. The number of ketones is 1. The van der Waals surface area contributed by atoms with E-state index >= 15 is 0 Å². The number of oxazole rings is 1. The molecular formula is C18H14BrNO5. The van der Waals surface area contributed by atoms with Gasteiger partial charge in [0.25, 0.3) is 0 Å². The number of para-hydroxylation sites is 2. The number of Topliss-reactive ketones (excluding diaryl/α,β-unsaturated/α-hetero) is 1. The number of halogens is 1. The molecule has 1 heterocycles. The summed E-state index contributed by atoms with van der Waals surface area (Å²) < 4.78 is 12.3. The van der Waals surface area contributed by atoms with E-state index in [2.05, 4.69) is 15.9 Å². The zero-order valence-corrected chi connectivity index (χ0v) is 14.7. The van der Waals surface area contributed by atoms with E-state index in [0.29, 0.717) is 16.7 Å². The minimum Gasteiger partial charge on any atom is -0.457 e. The van der Waals surface area contributed by atoms with Crippen LogP contribution in [0.4, 0.5) is 0 Å². The molecule has 0 aliphatic carbocycles. The van der Waals surface area contributed by atoms with Crippen LogP contribution < -0.4 is 5.76 Å². The summed E-state index contributed by atoms with van der Waals surface area (Å²) in [5.41, 5.74) is 1.55. The van der Waals surface area contributed by atoms with Gasteiger partial charge in [-0.15, -0.1) is 0 Å². The van der Waals surface area contributed by atoms with E-state index in [-0.39, 0.29) is 25.4 Å². The minimum atomic E-state index is -0.553. The smallest absolute Gasteiger partial charge is 0.419 e. The lowest BCUT2D eigenvalue weighted by Crippen LogP contribution is -2.19. The largest absolute Gasteiger partial charge is 0.457 e. The first-order valence-electron chi connectivity index (χ1n) is 7.57. The van der Waals surface area contributed by atoms with E-state index in [1.165, 1.54) is 4.57 Å². The SMILES string of the molecule is O=C(CCn1c(=O)oc2ccccc21)OCC(=O)c1ccc(Br)cc1. The van der Waals surface area contributed by atoms with Gasteiger partial charge in [-0.25, -0.2) is 4.79 Å². The van der Waals surface area contributed by atoms with Crippen molar-refractivity contribution in [2.75, 3.05) is 6.61 Å². The zero-order valence-electron chi connectivity index (χ0n) is 13.1. The third-order valence-electron chi connectivity index (χ3n) is 3.64. The number of aromatic nitrogens is 1. The van der Waals surface area contributed by atoms with Crippen molar-refractivity contribution in [2.24, 2.45) is 0 Å². The van der Waals surface area contributed by atoms with Crippen molar-refractivity contribution >= 4 is 38.8 Å². The van der Waals surface area contributed by atoms with Crippen molar-refractivity contribution in [1.29, 1.82) is 0 Å². The first kappa shape index (κ1) is 17.2. The molecule has 0 fully saturated rings. The second-order valence-corrected chi connectivity index (χ2v) is 6.24. The van der Waals surface area contributed by atoms with Gasteiger partial charge in [-0.3, -0.25) is 14.2 Å². The molecule has 0 saturated heterocycles. The number of hydrogen-bond acceptors (Lipinski definition) is 5. The van der Waals surface area contributed by atoms with E-state index in [0.717, 1.165) is 4.47 Å². The zero-order chi connectivity index (χ0) is 17.8. The number of ether oxygens (including phenoxy) is 1. The Kier molecular flexibility index (Phi) is 5.14. The standard InChI is InChI=1S/C18H14BrNO5/c19-13-7-5-12(6-8-13)15(21)11-24-17(22)9-10-20-14-3-1-2-4-16(14)25-18(20)23/h1-8H,9-11H2. The number of benzene rings is 2. The fourth-order valence-electron chi connectivity index (χ4n) is 2.37. The predicted molar refractivity (Wildman–Crippen MR) is 94.5 cm³/mol. The number of carbonyl (C=O) groups is 2.